The van der Waals surface area contributed by atoms with Gasteiger partial charge in [-0.3, -0.25) is 0 Å². The summed E-state index contributed by atoms with van der Waals surface area (Å²) in [7, 11) is 0. The van der Waals surface area contributed by atoms with Crippen molar-refractivity contribution in [1.82, 2.24) is 0 Å². The minimum absolute atomic E-state index is 0.0768. The van der Waals surface area contributed by atoms with Crippen molar-refractivity contribution in [2.24, 2.45) is 5.92 Å². The maximum absolute atomic E-state index is 6.62. The smallest absolute Gasteiger partial charge is 0.143 e. The summed E-state index contributed by atoms with van der Waals surface area (Å²) in [5.74, 6) is 1.44. The van der Waals surface area contributed by atoms with E-state index >= 15 is 0 Å². The van der Waals surface area contributed by atoms with Crippen LogP contribution in [0.15, 0.2) is 180 Å². The van der Waals surface area contributed by atoms with Crippen LogP contribution >= 0.6 is 0 Å². The first-order chi connectivity index (χ1) is 26.0. The van der Waals surface area contributed by atoms with Crippen LogP contribution in [-0.2, 0) is 5.41 Å². The fourth-order valence-electron chi connectivity index (χ4n) is 8.62. The molecule has 256 valence electrons. The molecule has 0 saturated carbocycles. The second-order valence-electron chi connectivity index (χ2n) is 14.7. The van der Waals surface area contributed by atoms with E-state index < -0.39 is 0 Å². The average molecular weight is 686 g/mol. The number of fused-ring (bicyclic) bond motifs is 6. The molecule has 2 aliphatic carbocycles. The van der Waals surface area contributed by atoms with E-state index in [0.29, 0.717) is 5.92 Å². The standard InChI is InChI=1S/C50H39NO2/c1-33-12-3-4-15-40(33)36-13-9-14-39(32-36)51(37-27-23-34(24-28-37)41-17-10-18-44-43-16-5-7-21-46(43)52-48(41)44)38-29-25-35(26-30-38)42-19-11-31-50(2)45-20-6-8-22-47(45)53-49(42)50/h3-11,13-33,49H,12H2,1-2H3. The van der Waals surface area contributed by atoms with Crippen molar-refractivity contribution >= 4 is 50.1 Å². The molecule has 6 aromatic carbocycles. The summed E-state index contributed by atoms with van der Waals surface area (Å²) >= 11 is 0. The zero-order chi connectivity index (χ0) is 35.5. The first-order valence-electron chi connectivity index (χ1n) is 18.6. The molecule has 0 spiro atoms. The third kappa shape index (κ3) is 5.18. The number of hydrogen-bond donors (Lipinski definition) is 0. The average Bonchev–Trinajstić information content (AvgIpc) is 3.74. The monoisotopic (exact) mass is 685 g/mol. The predicted molar refractivity (Wildman–Crippen MR) is 220 cm³/mol. The Bertz CT molecular complexity index is 2650. The van der Waals surface area contributed by atoms with E-state index in [0.717, 1.165) is 67.9 Å². The zero-order valence-electron chi connectivity index (χ0n) is 29.9. The first-order valence-corrected chi connectivity index (χ1v) is 18.6. The van der Waals surface area contributed by atoms with E-state index in [9.17, 15) is 0 Å². The molecular weight excluding hydrogens is 647 g/mol. The molecule has 0 saturated heterocycles. The summed E-state index contributed by atoms with van der Waals surface area (Å²) in [6.07, 6.45) is 14.4. The molecule has 10 rings (SSSR count). The third-order valence-corrected chi connectivity index (χ3v) is 11.4. The van der Waals surface area contributed by atoms with Gasteiger partial charge in [-0.2, -0.15) is 0 Å². The van der Waals surface area contributed by atoms with Gasteiger partial charge in [0.2, 0.25) is 0 Å². The molecule has 0 radical (unpaired) electrons. The quantitative estimate of drug-likeness (QED) is 0.174. The van der Waals surface area contributed by atoms with Gasteiger partial charge >= 0.3 is 0 Å². The predicted octanol–water partition coefficient (Wildman–Crippen LogP) is 13.4. The molecule has 0 bridgehead atoms. The lowest BCUT2D eigenvalue weighted by atomic mass is 9.72. The number of ether oxygens (including phenoxy) is 1. The fraction of sp³-hybridized carbons (Fsp3) is 0.120. The number of hydrogen-bond acceptors (Lipinski definition) is 3. The first kappa shape index (κ1) is 31.4. The van der Waals surface area contributed by atoms with Gasteiger partial charge in [0.05, 0.1) is 5.41 Å². The third-order valence-electron chi connectivity index (χ3n) is 11.4. The van der Waals surface area contributed by atoms with Crippen LogP contribution in [0.5, 0.6) is 5.75 Å². The second kappa shape index (κ2) is 12.4. The van der Waals surface area contributed by atoms with Crippen LogP contribution in [0.3, 0.4) is 0 Å². The van der Waals surface area contributed by atoms with Crippen LogP contribution in [-0.4, -0.2) is 6.10 Å². The van der Waals surface area contributed by atoms with Crippen molar-refractivity contribution in [2.45, 2.75) is 31.8 Å². The highest BCUT2D eigenvalue weighted by Crippen LogP contribution is 2.50. The maximum atomic E-state index is 6.62. The van der Waals surface area contributed by atoms with Gasteiger partial charge in [-0.05, 0) is 90.1 Å². The van der Waals surface area contributed by atoms with Gasteiger partial charge in [-0.1, -0.05) is 134 Å². The molecule has 0 N–H and O–H groups in total. The van der Waals surface area contributed by atoms with Crippen molar-refractivity contribution in [2.75, 3.05) is 4.90 Å². The Morgan fingerprint density at radius 2 is 1.34 bits per heavy atom. The highest BCUT2D eigenvalue weighted by molar-refractivity contribution is 6.09. The van der Waals surface area contributed by atoms with E-state index in [2.05, 4.69) is 183 Å². The van der Waals surface area contributed by atoms with Gasteiger partial charge in [0.25, 0.3) is 0 Å². The Hall–Kier alpha value is -6.32. The van der Waals surface area contributed by atoms with Crippen LogP contribution in [0, 0.1) is 5.92 Å². The van der Waals surface area contributed by atoms with E-state index in [1.807, 2.05) is 12.1 Å². The Kier molecular flexibility index (Phi) is 7.36. The Labute approximate surface area is 310 Å². The molecule has 0 amide bonds. The number of para-hydroxylation sites is 3. The fourth-order valence-corrected chi connectivity index (χ4v) is 8.62. The van der Waals surface area contributed by atoms with Gasteiger partial charge in [-0.25, -0.2) is 0 Å². The molecule has 7 aromatic rings. The molecule has 3 aliphatic rings. The lowest BCUT2D eigenvalue weighted by Gasteiger charge is -2.32. The van der Waals surface area contributed by atoms with E-state index in [1.54, 1.807) is 0 Å². The molecular formula is C50H39NO2. The topological polar surface area (TPSA) is 25.6 Å². The minimum Gasteiger partial charge on any atom is -0.484 e. The molecule has 3 atom stereocenters. The van der Waals surface area contributed by atoms with Crippen molar-refractivity contribution in [3.05, 3.63) is 193 Å². The van der Waals surface area contributed by atoms with Crippen molar-refractivity contribution in [1.29, 1.82) is 0 Å². The molecule has 1 aliphatic heterocycles. The minimum atomic E-state index is -0.208. The normalized spacial score (nSPS) is 20.1. The highest BCUT2D eigenvalue weighted by Gasteiger charge is 2.46. The van der Waals surface area contributed by atoms with E-state index in [-0.39, 0.29) is 11.5 Å². The van der Waals surface area contributed by atoms with Crippen molar-refractivity contribution in [3.8, 4) is 16.9 Å². The van der Waals surface area contributed by atoms with Crippen LogP contribution in [0.25, 0.3) is 44.2 Å². The van der Waals surface area contributed by atoms with E-state index in [4.69, 9.17) is 9.15 Å². The van der Waals surface area contributed by atoms with Crippen molar-refractivity contribution < 1.29 is 9.15 Å². The molecule has 53 heavy (non-hydrogen) atoms. The zero-order valence-corrected chi connectivity index (χ0v) is 29.9. The van der Waals surface area contributed by atoms with Crippen LogP contribution in [0.1, 0.15) is 37.0 Å². The lowest BCUT2D eigenvalue weighted by molar-refractivity contribution is 0.238. The number of benzene rings is 6. The summed E-state index contributed by atoms with van der Waals surface area (Å²) in [5.41, 5.74) is 13.4. The Morgan fingerprint density at radius 1 is 0.623 bits per heavy atom. The van der Waals surface area contributed by atoms with Crippen LogP contribution < -0.4 is 9.64 Å². The second-order valence-corrected chi connectivity index (χ2v) is 14.7. The summed E-state index contributed by atoms with van der Waals surface area (Å²) in [5, 5.41) is 2.28. The van der Waals surface area contributed by atoms with E-state index in [1.165, 1.54) is 22.3 Å². The lowest BCUT2D eigenvalue weighted by Crippen LogP contribution is -2.36. The number of allylic oxidation sites excluding steroid dienone is 6. The Morgan fingerprint density at radius 3 is 2.17 bits per heavy atom. The molecule has 3 nitrogen and oxygen atoms in total. The van der Waals surface area contributed by atoms with Gasteiger partial charge in [0.15, 0.2) is 0 Å². The summed E-state index contributed by atoms with van der Waals surface area (Å²) in [4.78, 5) is 2.36. The molecule has 0 fully saturated rings. The number of nitrogens with zero attached hydrogens (tertiary/aromatic N) is 1. The van der Waals surface area contributed by atoms with Crippen LogP contribution in [0.4, 0.5) is 17.1 Å². The number of anilines is 3. The molecule has 3 heteroatoms. The van der Waals surface area contributed by atoms with Gasteiger partial charge in [0, 0.05) is 44.5 Å². The summed E-state index contributed by atoms with van der Waals surface area (Å²) in [6.45, 7) is 4.60. The molecule has 2 heterocycles. The number of furan rings is 1. The SMILES string of the molecule is CC1CC=CC=C1c1cccc(N(c2ccc(C3=CC=CC4(C)c5ccccc5OC34)cc2)c2ccc(-c3cccc4c3oc3ccccc34)cc2)c1. The van der Waals surface area contributed by atoms with Crippen LogP contribution in [0.2, 0.25) is 0 Å². The van der Waals surface area contributed by atoms with Gasteiger partial charge in [-0.15, -0.1) is 0 Å². The Balaban J connectivity index is 1.04. The largest absolute Gasteiger partial charge is 0.484 e. The van der Waals surface area contributed by atoms with Gasteiger partial charge in [0.1, 0.15) is 23.0 Å². The summed E-state index contributed by atoms with van der Waals surface area (Å²) < 4.78 is 13.0. The highest BCUT2D eigenvalue weighted by atomic mass is 16.5. The van der Waals surface area contributed by atoms with Gasteiger partial charge < -0.3 is 14.1 Å². The number of rotatable bonds is 6. The molecule has 1 aromatic heterocycles. The maximum Gasteiger partial charge on any atom is 0.143 e. The molecule has 3 unspecified atom stereocenters. The summed E-state index contributed by atoms with van der Waals surface area (Å²) in [6, 6.07) is 50.0. The van der Waals surface area contributed by atoms with Crippen molar-refractivity contribution in [3.63, 3.8) is 0 Å².